The van der Waals surface area contributed by atoms with Crippen molar-refractivity contribution in [3.63, 3.8) is 0 Å². The third-order valence-corrected chi connectivity index (χ3v) is 2.53. The lowest BCUT2D eigenvalue weighted by atomic mass is 9.92. The van der Waals surface area contributed by atoms with Crippen LogP contribution >= 0.6 is 0 Å². The number of nitrogens with one attached hydrogen (secondary N) is 1. The van der Waals surface area contributed by atoms with Crippen molar-refractivity contribution in [2.24, 2.45) is 5.41 Å². The van der Waals surface area contributed by atoms with Crippen LogP contribution in [0.1, 0.15) is 20.8 Å². The zero-order chi connectivity index (χ0) is 12.4. The summed E-state index contributed by atoms with van der Waals surface area (Å²) in [4.78, 5) is 2.25. The molecule has 0 heterocycles. The Kier molecular flexibility index (Phi) is 8.84. The molecule has 0 saturated carbocycles. The molecule has 2 N–H and O–H groups in total. The van der Waals surface area contributed by atoms with Gasteiger partial charge in [-0.3, -0.25) is 4.90 Å². The van der Waals surface area contributed by atoms with Gasteiger partial charge in [-0.2, -0.15) is 0 Å². The first-order valence-corrected chi connectivity index (χ1v) is 6.08. The second-order valence-corrected chi connectivity index (χ2v) is 4.94. The number of aliphatic hydroxyl groups is 1. The summed E-state index contributed by atoms with van der Waals surface area (Å²) < 4.78 is 5.08. The molecule has 0 aromatic heterocycles. The van der Waals surface area contributed by atoms with E-state index in [1.165, 1.54) is 0 Å². The molecule has 0 bridgehead atoms. The Morgan fingerprint density at radius 1 is 1.31 bits per heavy atom. The zero-order valence-corrected chi connectivity index (χ0v) is 11.3. The van der Waals surface area contributed by atoms with Crippen molar-refractivity contribution in [3.8, 4) is 0 Å². The minimum Gasteiger partial charge on any atom is -0.395 e. The first kappa shape index (κ1) is 15.8. The number of hydrogen-bond acceptors (Lipinski definition) is 4. The predicted octanol–water partition coefficient (Wildman–Crippen LogP) is 0.563. The Balaban J connectivity index is 4.02. The number of rotatable bonds is 10. The number of methoxy groups -OCH3 is 1. The molecule has 0 radical (unpaired) electrons. The summed E-state index contributed by atoms with van der Waals surface area (Å²) in [6.07, 6.45) is 0. The van der Waals surface area contributed by atoms with Crippen LogP contribution in [-0.2, 0) is 4.74 Å². The van der Waals surface area contributed by atoms with E-state index in [0.29, 0.717) is 0 Å². The van der Waals surface area contributed by atoms with Crippen LogP contribution in [0.2, 0.25) is 0 Å². The smallest absolute Gasteiger partial charge is 0.0589 e. The van der Waals surface area contributed by atoms with E-state index in [4.69, 9.17) is 9.84 Å². The van der Waals surface area contributed by atoms with Crippen LogP contribution in [0, 0.1) is 5.41 Å². The highest BCUT2D eigenvalue weighted by Gasteiger charge is 2.20. The van der Waals surface area contributed by atoms with E-state index in [0.717, 1.165) is 39.3 Å². The van der Waals surface area contributed by atoms with E-state index >= 15 is 0 Å². The molecule has 0 aliphatic carbocycles. The Labute approximate surface area is 100.0 Å². The molecular weight excluding hydrogens is 204 g/mol. The van der Waals surface area contributed by atoms with Gasteiger partial charge in [0.1, 0.15) is 0 Å². The minimum absolute atomic E-state index is 0.209. The molecule has 0 atom stereocenters. The van der Waals surface area contributed by atoms with Gasteiger partial charge in [0.05, 0.1) is 13.2 Å². The third kappa shape index (κ3) is 8.05. The molecule has 98 valence electrons. The molecule has 16 heavy (non-hydrogen) atoms. The average Bonchev–Trinajstić information content (AvgIpc) is 2.23. The van der Waals surface area contributed by atoms with Gasteiger partial charge in [0.2, 0.25) is 0 Å². The number of nitrogens with zero attached hydrogens (tertiary/aromatic N) is 1. The molecule has 0 saturated heterocycles. The second kappa shape index (κ2) is 8.93. The van der Waals surface area contributed by atoms with Crippen LogP contribution in [0.25, 0.3) is 0 Å². The monoisotopic (exact) mass is 232 g/mol. The third-order valence-electron chi connectivity index (χ3n) is 2.53. The van der Waals surface area contributed by atoms with Crippen LogP contribution in [0.3, 0.4) is 0 Å². The highest BCUT2D eigenvalue weighted by Crippen LogP contribution is 2.15. The van der Waals surface area contributed by atoms with Crippen LogP contribution in [0.4, 0.5) is 0 Å². The molecule has 0 spiro atoms. The molecule has 0 amide bonds. The first-order chi connectivity index (χ1) is 7.55. The van der Waals surface area contributed by atoms with Crippen LogP contribution < -0.4 is 5.32 Å². The molecule has 0 unspecified atom stereocenters. The van der Waals surface area contributed by atoms with E-state index in [9.17, 15) is 0 Å². The highest BCUT2D eigenvalue weighted by atomic mass is 16.5. The van der Waals surface area contributed by atoms with E-state index < -0.39 is 0 Å². The lowest BCUT2D eigenvalue weighted by Crippen LogP contribution is -2.42. The molecule has 0 rings (SSSR count). The fourth-order valence-corrected chi connectivity index (χ4v) is 1.76. The quantitative estimate of drug-likeness (QED) is 0.578. The summed E-state index contributed by atoms with van der Waals surface area (Å²) in [6, 6.07) is 0. The molecular formula is C12H28N2O2. The molecule has 4 nitrogen and oxygen atoms in total. The van der Waals surface area contributed by atoms with Crippen molar-refractivity contribution in [2.75, 3.05) is 53.0 Å². The molecule has 4 heteroatoms. The minimum atomic E-state index is 0.209. The maximum atomic E-state index is 9.01. The van der Waals surface area contributed by atoms with Gasteiger partial charge in [-0.1, -0.05) is 20.8 Å². The largest absolute Gasteiger partial charge is 0.395 e. The van der Waals surface area contributed by atoms with Gasteiger partial charge in [-0.05, 0) is 12.0 Å². The van der Waals surface area contributed by atoms with Gasteiger partial charge in [0.15, 0.2) is 0 Å². The Morgan fingerprint density at radius 2 is 2.00 bits per heavy atom. The SMILES string of the molecule is CCNCC(C)(C)CN(CCO)CCOC. The molecule has 0 aromatic carbocycles. The number of aliphatic hydroxyl groups excluding tert-OH is 1. The summed E-state index contributed by atoms with van der Waals surface area (Å²) in [5, 5.41) is 12.4. The van der Waals surface area contributed by atoms with E-state index in [1.54, 1.807) is 7.11 Å². The maximum absolute atomic E-state index is 9.01. The van der Waals surface area contributed by atoms with Crippen LogP contribution in [0.15, 0.2) is 0 Å². The van der Waals surface area contributed by atoms with E-state index in [1.807, 2.05) is 0 Å². The lowest BCUT2D eigenvalue weighted by Gasteiger charge is -2.32. The summed E-state index contributed by atoms with van der Waals surface area (Å²) in [7, 11) is 1.71. The fourth-order valence-electron chi connectivity index (χ4n) is 1.76. The normalized spacial score (nSPS) is 12.4. The zero-order valence-electron chi connectivity index (χ0n) is 11.3. The van der Waals surface area contributed by atoms with Gasteiger partial charge < -0.3 is 15.2 Å². The second-order valence-electron chi connectivity index (χ2n) is 4.94. The van der Waals surface area contributed by atoms with Crippen LogP contribution in [-0.4, -0.2) is 63.1 Å². The summed E-state index contributed by atoms with van der Waals surface area (Å²) in [5.74, 6) is 0. The lowest BCUT2D eigenvalue weighted by molar-refractivity contribution is 0.101. The highest BCUT2D eigenvalue weighted by molar-refractivity contribution is 4.76. The topological polar surface area (TPSA) is 44.7 Å². The van der Waals surface area contributed by atoms with Gasteiger partial charge in [-0.15, -0.1) is 0 Å². The van der Waals surface area contributed by atoms with Gasteiger partial charge in [0.25, 0.3) is 0 Å². The first-order valence-electron chi connectivity index (χ1n) is 6.08. The summed E-state index contributed by atoms with van der Waals surface area (Å²) in [5.41, 5.74) is 0.221. The standard InChI is InChI=1S/C12H28N2O2/c1-5-13-10-12(2,3)11-14(6-8-15)7-9-16-4/h13,15H,5-11H2,1-4H3. The van der Waals surface area contributed by atoms with Crippen molar-refractivity contribution in [2.45, 2.75) is 20.8 Å². The van der Waals surface area contributed by atoms with Crippen molar-refractivity contribution in [3.05, 3.63) is 0 Å². The predicted molar refractivity (Wildman–Crippen MR) is 67.7 cm³/mol. The van der Waals surface area contributed by atoms with Crippen molar-refractivity contribution >= 4 is 0 Å². The fraction of sp³-hybridized carbons (Fsp3) is 1.00. The Hall–Kier alpha value is -0.160. The van der Waals surface area contributed by atoms with Crippen molar-refractivity contribution < 1.29 is 9.84 Å². The van der Waals surface area contributed by atoms with Crippen molar-refractivity contribution in [1.82, 2.24) is 10.2 Å². The van der Waals surface area contributed by atoms with Gasteiger partial charge in [-0.25, -0.2) is 0 Å². The van der Waals surface area contributed by atoms with Crippen molar-refractivity contribution in [1.29, 1.82) is 0 Å². The summed E-state index contributed by atoms with van der Waals surface area (Å²) >= 11 is 0. The van der Waals surface area contributed by atoms with Crippen LogP contribution in [0.5, 0.6) is 0 Å². The summed E-state index contributed by atoms with van der Waals surface area (Å²) in [6.45, 7) is 12.1. The molecule has 0 aromatic rings. The van der Waals surface area contributed by atoms with E-state index in [-0.39, 0.29) is 12.0 Å². The molecule has 0 aliphatic heterocycles. The number of ether oxygens (including phenoxy) is 1. The number of hydrogen-bond donors (Lipinski definition) is 2. The van der Waals surface area contributed by atoms with E-state index in [2.05, 4.69) is 31.0 Å². The average molecular weight is 232 g/mol. The maximum Gasteiger partial charge on any atom is 0.0589 e. The van der Waals surface area contributed by atoms with Gasteiger partial charge in [0, 0.05) is 33.3 Å². The molecule has 0 fully saturated rings. The van der Waals surface area contributed by atoms with Gasteiger partial charge >= 0.3 is 0 Å². The Morgan fingerprint density at radius 3 is 2.50 bits per heavy atom. The molecule has 0 aliphatic rings. The Bertz CT molecular complexity index is 163.